The lowest BCUT2D eigenvalue weighted by atomic mass is 9.95. The van der Waals surface area contributed by atoms with Gasteiger partial charge >= 0.3 is 0 Å². The molecule has 0 aliphatic heterocycles. The molecule has 2 N–H and O–H groups in total. The zero-order chi connectivity index (χ0) is 17.1. The molecule has 5 heteroatoms. The minimum absolute atomic E-state index is 0.474. The molecule has 4 rings (SSSR count). The summed E-state index contributed by atoms with van der Waals surface area (Å²) in [6.45, 7) is 0. The summed E-state index contributed by atoms with van der Waals surface area (Å²) in [7, 11) is 0. The van der Waals surface area contributed by atoms with Gasteiger partial charge in [0, 0.05) is 35.6 Å². The second-order valence-electron chi connectivity index (χ2n) is 6.39. The predicted molar refractivity (Wildman–Crippen MR) is 96.8 cm³/mol. The average molecular weight is 334 g/mol. The Labute approximate surface area is 145 Å². The maximum absolute atomic E-state index is 12.9. The number of nitrogens with zero attached hydrogens (tertiary/aromatic N) is 2. The summed E-state index contributed by atoms with van der Waals surface area (Å²) < 4.78 is 12.9. The maximum atomic E-state index is 12.9. The van der Waals surface area contributed by atoms with E-state index in [0.717, 1.165) is 22.3 Å². The van der Waals surface area contributed by atoms with Gasteiger partial charge in [0.25, 0.3) is 0 Å². The number of H-pyrrole nitrogens is 1. The Morgan fingerprint density at radius 3 is 2.72 bits per heavy atom. The number of aromatic amines is 1. The molecule has 0 amide bonds. The molecule has 0 radical (unpaired) electrons. The first-order valence-corrected chi connectivity index (χ1v) is 8.66. The number of hydrogen-bond acceptors (Lipinski definition) is 3. The average Bonchev–Trinajstić information content (AvgIpc) is 3.12. The molecule has 0 unspecified atom stereocenters. The Morgan fingerprint density at radius 2 is 1.92 bits per heavy atom. The van der Waals surface area contributed by atoms with Crippen molar-refractivity contribution in [1.82, 2.24) is 15.0 Å². The lowest BCUT2D eigenvalue weighted by Gasteiger charge is -2.24. The van der Waals surface area contributed by atoms with Crippen LogP contribution in [0.4, 0.5) is 10.1 Å². The van der Waals surface area contributed by atoms with Gasteiger partial charge in [0.2, 0.25) is 5.95 Å². The van der Waals surface area contributed by atoms with Gasteiger partial charge in [0.05, 0.1) is 11.3 Å². The molecule has 3 aromatic rings. The summed E-state index contributed by atoms with van der Waals surface area (Å²) in [6, 6.07) is 5.45. The van der Waals surface area contributed by atoms with Crippen LogP contribution in [-0.2, 0) is 0 Å². The molecular formula is C20H19FN4. The number of anilines is 1. The van der Waals surface area contributed by atoms with E-state index in [-0.39, 0.29) is 0 Å². The minimum Gasteiger partial charge on any atom is -0.381 e. The molecule has 0 atom stereocenters. The monoisotopic (exact) mass is 334 g/mol. The first kappa shape index (κ1) is 15.6. The SMILES string of the molecule is Fc1ccc(C#Cc2cnc3[nH]ccc3c2NC2CCCCC2)cn1. The van der Waals surface area contributed by atoms with E-state index in [1.165, 1.54) is 44.4 Å². The van der Waals surface area contributed by atoms with Crippen molar-refractivity contribution in [3.8, 4) is 11.8 Å². The number of halogens is 1. The fourth-order valence-corrected chi connectivity index (χ4v) is 3.30. The van der Waals surface area contributed by atoms with E-state index < -0.39 is 5.95 Å². The van der Waals surface area contributed by atoms with Gasteiger partial charge in [-0.1, -0.05) is 31.1 Å². The molecule has 126 valence electrons. The van der Waals surface area contributed by atoms with E-state index in [0.29, 0.717) is 11.6 Å². The van der Waals surface area contributed by atoms with E-state index in [2.05, 4.69) is 32.1 Å². The van der Waals surface area contributed by atoms with Gasteiger partial charge in [-0.3, -0.25) is 0 Å². The number of aromatic nitrogens is 3. The highest BCUT2D eigenvalue weighted by Gasteiger charge is 2.16. The first-order chi connectivity index (χ1) is 12.3. The van der Waals surface area contributed by atoms with Crippen LogP contribution in [0.3, 0.4) is 0 Å². The quantitative estimate of drug-likeness (QED) is 0.544. The summed E-state index contributed by atoms with van der Waals surface area (Å²) in [6.07, 6.45) is 11.3. The van der Waals surface area contributed by atoms with Crippen LogP contribution in [0.5, 0.6) is 0 Å². The summed E-state index contributed by atoms with van der Waals surface area (Å²) >= 11 is 0. The zero-order valence-corrected chi connectivity index (χ0v) is 13.8. The first-order valence-electron chi connectivity index (χ1n) is 8.66. The molecule has 0 saturated heterocycles. The number of rotatable bonds is 2. The molecule has 1 saturated carbocycles. The number of fused-ring (bicyclic) bond motifs is 1. The third-order valence-corrected chi connectivity index (χ3v) is 4.61. The number of nitrogens with one attached hydrogen (secondary N) is 2. The Balaban J connectivity index is 1.70. The second kappa shape index (κ2) is 6.94. The van der Waals surface area contributed by atoms with Gasteiger partial charge in [0.1, 0.15) is 5.65 Å². The summed E-state index contributed by atoms with van der Waals surface area (Å²) in [4.78, 5) is 11.2. The fraction of sp³-hybridized carbons (Fsp3) is 0.300. The van der Waals surface area contributed by atoms with Crippen LogP contribution in [0.2, 0.25) is 0 Å². The Morgan fingerprint density at radius 1 is 1.04 bits per heavy atom. The van der Waals surface area contributed by atoms with Crippen LogP contribution < -0.4 is 5.32 Å². The van der Waals surface area contributed by atoms with Crippen LogP contribution in [0.15, 0.2) is 36.8 Å². The van der Waals surface area contributed by atoms with E-state index in [1.54, 1.807) is 12.3 Å². The predicted octanol–water partition coefficient (Wildman–Crippen LogP) is 4.24. The maximum Gasteiger partial charge on any atom is 0.212 e. The van der Waals surface area contributed by atoms with Crippen molar-refractivity contribution >= 4 is 16.7 Å². The third kappa shape index (κ3) is 3.48. The van der Waals surface area contributed by atoms with E-state index in [9.17, 15) is 4.39 Å². The molecule has 0 spiro atoms. The van der Waals surface area contributed by atoms with Gasteiger partial charge in [-0.25, -0.2) is 9.97 Å². The van der Waals surface area contributed by atoms with Crippen LogP contribution in [0, 0.1) is 17.8 Å². The van der Waals surface area contributed by atoms with Gasteiger partial charge < -0.3 is 10.3 Å². The third-order valence-electron chi connectivity index (χ3n) is 4.61. The molecule has 0 aromatic carbocycles. The molecule has 3 heterocycles. The largest absolute Gasteiger partial charge is 0.381 e. The van der Waals surface area contributed by atoms with Crippen molar-refractivity contribution in [3.05, 3.63) is 53.9 Å². The van der Waals surface area contributed by atoms with Gasteiger partial charge in [-0.05, 0) is 31.0 Å². The van der Waals surface area contributed by atoms with Crippen LogP contribution >= 0.6 is 0 Å². The van der Waals surface area contributed by atoms with Crippen molar-refractivity contribution < 1.29 is 4.39 Å². The van der Waals surface area contributed by atoms with E-state index >= 15 is 0 Å². The Bertz CT molecular complexity index is 928. The summed E-state index contributed by atoms with van der Waals surface area (Å²) in [5, 5.41) is 4.74. The molecule has 0 bridgehead atoms. The molecule has 25 heavy (non-hydrogen) atoms. The molecule has 4 nitrogen and oxygen atoms in total. The van der Waals surface area contributed by atoms with Crippen molar-refractivity contribution in [2.75, 3.05) is 5.32 Å². The second-order valence-corrected chi connectivity index (χ2v) is 6.39. The molecule has 1 fully saturated rings. The van der Waals surface area contributed by atoms with Crippen molar-refractivity contribution in [2.24, 2.45) is 0 Å². The highest BCUT2D eigenvalue weighted by molar-refractivity contribution is 5.92. The highest BCUT2D eigenvalue weighted by atomic mass is 19.1. The molecule has 3 aromatic heterocycles. The summed E-state index contributed by atoms with van der Waals surface area (Å²) in [5.41, 5.74) is 3.41. The Kier molecular flexibility index (Phi) is 4.34. The topological polar surface area (TPSA) is 53.6 Å². The number of hydrogen-bond donors (Lipinski definition) is 2. The normalized spacial score (nSPS) is 14.9. The molecular weight excluding hydrogens is 315 g/mol. The van der Waals surface area contributed by atoms with Gasteiger partial charge in [-0.15, -0.1) is 0 Å². The lowest BCUT2D eigenvalue weighted by Crippen LogP contribution is -2.22. The van der Waals surface area contributed by atoms with E-state index in [1.807, 2.05) is 12.3 Å². The van der Waals surface area contributed by atoms with Crippen LogP contribution in [0.25, 0.3) is 11.0 Å². The van der Waals surface area contributed by atoms with Crippen molar-refractivity contribution in [3.63, 3.8) is 0 Å². The molecule has 1 aliphatic rings. The molecule has 1 aliphatic carbocycles. The van der Waals surface area contributed by atoms with Crippen LogP contribution in [0.1, 0.15) is 43.2 Å². The lowest BCUT2D eigenvalue weighted by molar-refractivity contribution is 0.463. The Hall–Kier alpha value is -2.87. The van der Waals surface area contributed by atoms with Gasteiger partial charge in [0.15, 0.2) is 0 Å². The highest BCUT2D eigenvalue weighted by Crippen LogP contribution is 2.29. The van der Waals surface area contributed by atoms with Crippen molar-refractivity contribution in [2.45, 2.75) is 38.1 Å². The minimum atomic E-state index is -0.499. The standard InChI is InChI=1S/C20H19FN4/c21-18-9-7-14(12-23-18)6-8-15-13-24-20-17(10-11-22-20)19(15)25-16-4-2-1-3-5-16/h7,9-13,16H,1-5H2,(H2,22,24,25). The summed E-state index contributed by atoms with van der Waals surface area (Å²) in [5.74, 6) is 5.72. The van der Waals surface area contributed by atoms with E-state index in [4.69, 9.17) is 0 Å². The van der Waals surface area contributed by atoms with Crippen molar-refractivity contribution in [1.29, 1.82) is 0 Å². The van der Waals surface area contributed by atoms with Gasteiger partial charge in [-0.2, -0.15) is 4.39 Å². The van der Waals surface area contributed by atoms with Crippen LogP contribution in [-0.4, -0.2) is 21.0 Å². The fourth-order valence-electron chi connectivity index (χ4n) is 3.30. The number of pyridine rings is 2. The zero-order valence-electron chi connectivity index (χ0n) is 13.8. The smallest absolute Gasteiger partial charge is 0.212 e.